The van der Waals surface area contributed by atoms with Crippen LogP contribution in [0.5, 0.6) is 5.75 Å². The molecule has 0 saturated carbocycles. The lowest BCUT2D eigenvalue weighted by Crippen LogP contribution is -2.44. The second kappa shape index (κ2) is 9.61. The third kappa shape index (κ3) is 5.06. The summed E-state index contributed by atoms with van der Waals surface area (Å²) in [6.45, 7) is 0. The molecule has 1 unspecified atom stereocenters. The van der Waals surface area contributed by atoms with Gasteiger partial charge in [0.25, 0.3) is 5.91 Å². The Morgan fingerprint density at radius 3 is 2.54 bits per heavy atom. The molecule has 2 aromatic heterocycles. The number of hydrogen-bond acceptors (Lipinski definition) is 6. The second-order valence-electron chi connectivity index (χ2n) is 8.07. The van der Waals surface area contributed by atoms with Crippen molar-refractivity contribution in [1.29, 1.82) is 0 Å². The molecule has 11 heteroatoms. The molecule has 0 radical (unpaired) electrons. The number of hydrazone groups is 1. The van der Waals surface area contributed by atoms with Gasteiger partial charge in [0, 0.05) is 29.1 Å². The van der Waals surface area contributed by atoms with Gasteiger partial charge in [0.05, 0.1) is 5.69 Å². The summed E-state index contributed by atoms with van der Waals surface area (Å²) < 4.78 is 41.8. The van der Waals surface area contributed by atoms with Gasteiger partial charge < -0.3 is 10.4 Å². The average molecular weight is 504 g/mol. The zero-order valence-electron chi connectivity index (χ0n) is 19.0. The van der Waals surface area contributed by atoms with Gasteiger partial charge in [0.1, 0.15) is 11.9 Å². The molecule has 0 aliphatic carbocycles. The highest BCUT2D eigenvalue weighted by atomic mass is 19.4. The Balaban J connectivity index is 1.33. The summed E-state index contributed by atoms with van der Waals surface area (Å²) >= 11 is 0. The summed E-state index contributed by atoms with van der Waals surface area (Å²) in [7, 11) is 0. The van der Waals surface area contributed by atoms with Crippen LogP contribution in [-0.2, 0) is 6.18 Å². The molecule has 1 aliphatic rings. The molecule has 37 heavy (non-hydrogen) atoms. The van der Waals surface area contributed by atoms with Crippen molar-refractivity contribution in [2.45, 2.75) is 12.3 Å². The topological polar surface area (TPSA) is 104 Å². The zero-order valence-corrected chi connectivity index (χ0v) is 19.0. The van der Waals surface area contributed by atoms with Gasteiger partial charge in [-0.1, -0.05) is 30.3 Å². The van der Waals surface area contributed by atoms with Gasteiger partial charge >= 0.3 is 6.18 Å². The van der Waals surface area contributed by atoms with Crippen LogP contribution in [0, 0.1) is 0 Å². The SMILES string of the molecule is O=C(NC1C=CC(n2nc(-c3cccnc3)cc2C(F)(F)F)=NN1)c1cccc(-c2ccccc2O)c1. The number of carbonyl (C=O) groups is 1. The molecule has 3 heterocycles. The minimum atomic E-state index is -4.67. The Kier molecular flexibility index (Phi) is 6.18. The van der Waals surface area contributed by atoms with Crippen molar-refractivity contribution in [2.24, 2.45) is 5.10 Å². The Bertz CT molecular complexity index is 1510. The maximum atomic E-state index is 13.7. The lowest BCUT2D eigenvalue weighted by molar-refractivity contribution is -0.142. The van der Waals surface area contributed by atoms with Crippen molar-refractivity contribution in [1.82, 2.24) is 25.5 Å². The maximum Gasteiger partial charge on any atom is 0.433 e. The summed E-state index contributed by atoms with van der Waals surface area (Å²) in [6.07, 6.45) is 0.302. The van der Waals surface area contributed by atoms with Crippen molar-refractivity contribution >= 4 is 11.7 Å². The summed E-state index contributed by atoms with van der Waals surface area (Å²) in [6, 6.07) is 17.6. The van der Waals surface area contributed by atoms with E-state index in [0.717, 1.165) is 6.07 Å². The Morgan fingerprint density at radius 2 is 1.84 bits per heavy atom. The van der Waals surface area contributed by atoms with Crippen LogP contribution >= 0.6 is 0 Å². The number of rotatable bonds is 4. The molecule has 8 nitrogen and oxygen atoms in total. The van der Waals surface area contributed by atoms with E-state index < -0.39 is 23.9 Å². The van der Waals surface area contributed by atoms with Crippen LogP contribution in [0.2, 0.25) is 0 Å². The van der Waals surface area contributed by atoms with Crippen molar-refractivity contribution in [3.63, 3.8) is 0 Å². The number of para-hydroxylation sites is 1. The van der Waals surface area contributed by atoms with Crippen molar-refractivity contribution in [3.05, 3.63) is 103 Å². The van der Waals surface area contributed by atoms with E-state index in [1.165, 1.54) is 24.5 Å². The molecule has 3 N–H and O–H groups in total. The number of phenolic OH excluding ortho intramolecular Hbond substituents is 1. The lowest BCUT2D eigenvalue weighted by Gasteiger charge is -2.20. The number of halogens is 3. The first-order valence-electron chi connectivity index (χ1n) is 11.1. The Hall–Kier alpha value is -4.93. The molecule has 4 aromatic rings. The predicted octanol–water partition coefficient (Wildman–Crippen LogP) is 4.41. The second-order valence-corrected chi connectivity index (χ2v) is 8.07. The monoisotopic (exact) mass is 504 g/mol. The molecule has 1 amide bonds. The zero-order chi connectivity index (χ0) is 26.0. The highest BCUT2D eigenvalue weighted by molar-refractivity contribution is 5.97. The number of alkyl halides is 3. The predicted molar refractivity (Wildman–Crippen MR) is 130 cm³/mol. The molecule has 1 aliphatic heterocycles. The fraction of sp³-hybridized carbons (Fsp3) is 0.0769. The van der Waals surface area contributed by atoms with E-state index in [9.17, 15) is 23.1 Å². The standard InChI is InChI=1S/C26H19F3N6O2/c27-26(28,29)22-14-20(18-7-4-12-30-15-18)34-35(22)24-11-10-23(32-33-24)31-25(37)17-6-3-5-16(13-17)19-8-1-2-9-21(19)36/h1-15,23,32,36H,(H,31,37). The van der Waals surface area contributed by atoms with Crippen LogP contribution < -0.4 is 10.7 Å². The third-order valence-electron chi connectivity index (χ3n) is 5.56. The number of phenols is 1. The molecular formula is C26H19F3N6O2. The van der Waals surface area contributed by atoms with Crippen LogP contribution in [0.4, 0.5) is 13.2 Å². The summed E-state index contributed by atoms with van der Waals surface area (Å²) in [5.41, 5.74) is 3.72. The first-order valence-corrected chi connectivity index (χ1v) is 11.1. The number of amides is 1. The van der Waals surface area contributed by atoms with E-state index in [4.69, 9.17) is 0 Å². The largest absolute Gasteiger partial charge is 0.507 e. The first-order chi connectivity index (χ1) is 17.8. The quantitative estimate of drug-likeness (QED) is 0.382. The number of aromatic hydroxyl groups is 1. The minimum Gasteiger partial charge on any atom is -0.507 e. The molecular weight excluding hydrogens is 485 g/mol. The van der Waals surface area contributed by atoms with E-state index in [1.807, 2.05) is 0 Å². The Morgan fingerprint density at radius 1 is 1.03 bits per heavy atom. The van der Waals surface area contributed by atoms with Crippen LogP contribution in [0.25, 0.3) is 22.4 Å². The molecule has 0 bridgehead atoms. The number of benzene rings is 2. The van der Waals surface area contributed by atoms with E-state index >= 15 is 0 Å². The summed E-state index contributed by atoms with van der Waals surface area (Å²) in [5, 5.41) is 20.9. The molecule has 1 atom stereocenters. The van der Waals surface area contributed by atoms with Crippen LogP contribution in [0.3, 0.4) is 0 Å². The highest BCUT2D eigenvalue weighted by Crippen LogP contribution is 2.32. The van der Waals surface area contributed by atoms with Gasteiger partial charge in [0.15, 0.2) is 11.5 Å². The number of carbonyl (C=O) groups excluding carboxylic acids is 1. The number of aromatic nitrogens is 3. The Labute approximate surface area is 208 Å². The number of pyridine rings is 1. The number of allylic oxidation sites excluding steroid dienone is 1. The van der Waals surface area contributed by atoms with E-state index in [0.29, 0.717) is 26.9 Å². The molecule has 0 spiro atoms. The molecule has 0 fully saturated rings. The molecule has 5 rings (SSSR count). The van der Waals surface area contributed by atoms with Crippen LogP contribution in [0.15, 0.2) is 96.4 Å². The smallest absolute Gasteiger partial charge is 0.433 e. The van der Waals surface area contributed by atoms with Crippen LogP contribution in [0.1, 0.15) is 16.1 Å². The summed E-state index contributed by atoms with van der Waals surface area (Å²) in [4.78, 5) is 16.7. The van der Waals surface area contributed by atoms with Gasteiger partial charge in [-0.15, -0.1) is 0 Å². The van der Waals surface area contributed by atoms with Gasteiger partial charge in [-0.2, -0.15) is 23.4 Å². The van der Waals surface area contributed by atoms with E-state index in [1.54, 1.807) is 60.7 Å². The molecule has 2 aromatic carbocycles. The van der Waals surface area contributed by atoms with Gasteiger partial charge in [-0.05, 0) is 54.1 Å². The van der Waals surface area contributed by atoms with Crippen molar-refractivity contribution in [2.75, 3.05) is 0 Å². The highest BCUT2D eigenvalue weighted by Gasteiger charge is 2.37. The number of nitrogens with zero attached hydrogens (tertiary/aromatic N) is 4. The summed E-state index contributed by atoms with van der Waals surface area (Å²) in [5.74, 6) is -0.455. The average Bonchev–Trinajstić information content (AvgIpc) is 3.36. The van der Waals surface area contributed by atoms with E-state index in [-0.39, 0.29) is 17.3 Å². The normalized spacial score (nSPS) is 15.1. The van der Waals surface area contributed by atoms with Crippen molar-refractivity contribution < 1.29 is 23.1 Å². The minimum absolute atomic E-state index is 0.0855. The lowest BCUT2D eigenvalue weighted by atomic mass is 10.0. The fourth-order valence-electron chi connectivity index (χ4n) is 3.78. The first kappa shape index (κ1) is 23.8. The molecule has 0 saturated heterocycles. The number of nitrogens with one attached hydrogen (secondary N) is 2. The fourth-order valence-corrected chi connectivity index (χ4v) is 3.78. The number of hydrogen-bond donors (Lipinski definition) is 3. The van der Waals surface area contributed by atoms with E-state index in [2.05, 4.69) is 25.9 Å². The van der Waals surface area contributed by atoms with Crippen molar-refractivity contribution in [3.8, 4) is 28.1 Å². The van der Waals surface area contributed by atoms with Gasteiger partial charge in [-0.25, -0.2) is 4.68 Å². The third-order valence-corrected chi connectivity index (χ3v) is 5.56. The van der Waals surface area contributed by atoms with Crippen LogP contribution in [-0.4, -0.2) is 37.8 Å². The molecule has 186 valence electrons. The van der Waals surface area contributed by atoms with Gasteiger partial charge in [0.2, 0.25) is 0 Å². The maximum absolute atomic E-state index is 13.7. The van der Waals surface area contributed by atoms with Gasteiger partial charge in [-0.3, -0.25) is 15.2 Å².